The number of hydrogen-bond acceptors (Lipinski definition) is 6. The van der Waals surface area contributed by atoms with E-state index in [-0.39, 0.29) is 22.6 Å². The SMILES string of the molecule is O=C(CSc1nnc2n(-c3ccccc3)c(=O)c3ccccc3n12)Nc1cc(Cl)ccc1C(=O)O. The molecule has 174 valence electrons. The standard InChI is InChI=1S/C24H16ClN5O4S/c25-14-10-11-16(22(33)34)18(12-14)26-20(31)13-35-24-28-27-23-29(15-6-2-1-3-7-15)21(32)17-8-4-5-9-19(17)30(23)24/h1-12H,13H2,(H,26,31)(H,33,34). The fraction of sp³-hybridized carbons (Fsp3) is 0.0417. The van der Waals surface area contributed by atoms with Gasteiger partial charge in [0, 0.05) is 5.02 Å². The maximum absolute atomic E-state index is 13.3. The first-order valence-corrected chi connectivity index (χ1v) is 11.7. The van der Waals surface area contributed by atoms with Crippen LogP contribution < -0.4 is 10.9 Å². The lowest BCUT2D eigenvalue weighted by Crippen LogP contribution is -2.22. The quantitative estimate of drug-likeness (QED) is 0.333. The molecule has 3 aromatic carbocycles. The molecule has 0 saturated heterocycles. The van der Waals surface area contributed by atoms with Crippen LogP contribution >= 0.6 is 23.4 Å². The van der Waals surface area contributed by atoms with Crippen molar-refractivity contribution in [1.29, 1.82) is 0 Å². The van der Waals surface area contributed by atoms with Gasteiger partial charge in [-0.2, -0.15) is 0 Å². The van der Waals surface area contributed by atoms with Crippen LogP contribution in [0.4, 0.5) is 5.69 Å². The highest BCUT2D eigenvalue weighted by Crippen LogP contribution is 2.25. The number of carboxylic acid groups (broad SMARTS) is 1. The molecule has 9 nitrogen and oxygen atoms in total. The number of nitrogens with zero attached hydrogens (tertiary/aromatic N) is 4. The molecule has 0 saturated carbocycles. The molecule has 0 aliphatic rings. The monoisotopic (exact) mass is 505 g/mol. The lowest BCUT2D eigenvalue weighted by molar-refractivity contribution is -0.113. The molecule has 2 heterocycles. The number of nitrogens with one attached hydrogen (secondary N) is 1. The number of benzene rings is 3. The van der Waals surface area contributed by atoms with E-state index in [0.717, 1.165) is 11.8 Å². The van der Waals surface area contributed by atoms with Crippen LogP contribution in [0.15, 0.2) is 82.7 Å². The number of halogens is 1. The topological polar surface area (TPSA) is 119 Å². The van der Waals surface area contributed by atoms with Gasteiger partial charge in [-0.15, -0.1) is 10.2 Å². The van der Waals surface area contributed by atoms with Gasteiger partial charge in [0.2, 0.25) is 11.7 Å². The molecule has 2 N–H and O–H groups in total. The number of para-hydroxylation sites is 2. The Hall–Kier alpha value is -4.15. The molecule has 35 heavy (non-hydrogen) atoms. The molecule has 0 aliphatic carbocycles. The lowest BCUT2D eigenvalue weighted by atomic mass is 10.2. The Balaban J connectivity index is 1.52. The molecule has 0 aliphatic heterocycles. The van der Waals surface area contributed by atoms with Crippen molar-refractivity contribution in [1.82, 2.24) is 19.2 Å². The van der Waals surface area contributed by atoms with E-state index in [0.29, 0.717) is 32.5 Å². The zero-order valence-corrected chi connectivity index (χ0v) is 19.5. The number of rotatable bonds is 6. The molecule has 1 amide bonds. The van der Waals surface area contributed by atoms with Crippen molar-refractivity contribution >= 4 is 57.6 Å². The van der Waals surface area contributed by atoms with Gasteiger partial charge >= 0.3 is 5.97 Å². The van der Waals surface area contributed by atoms with Crippen LogP contribution in [0, 0.1) is 0 Å². The highest BCUT2D eigenvalue weighted by Gasteiger charge is 2.19. The van der Waals surface area contributed by atoms with Crippen LogP contribution in [0.25, 0.3) is 22.4 Å². The summed E-state index contributed by atoms with van der Waals surface area (Å²) in [6.07, 6.45) is 0. The first-order valence-electron chi connectivity index (χ1n) is 10.3. The van der Waals surface area contributed by atoms with Crippen molar-refractivity contribution in [3.05, 3.63) is 93.7 Å². The van der Waals surface area contributed by atoms with Gasteiger partial charge in [0.25, 0.3) is 5.56 Å². The van der Waals surface area contributed by atoms with Gasteiger partial charge in [0.15, 0.2) is 5.16 Å². The Kier molecular flexibility index (Phi) is 5.98. The fourth-order valence-electron chi connectivity index (χ4n) is 3.70. The zero-order chi connectivity index (χ0) is 24.5. The Morgan fingerprint density at radius 3 is 2.51 bits per heavy atom. The number of anilines is 1. The van der Waals surface area contributed by atoms with Crippen molar-refractivity contribution < 1.29 is 14.7 Å². The number of carboxylic acids is 1. The number of aromatic carboxylic acids is 1. The van der Waals surface area contributed by atoms with Crippen molar-refractivity contribution in [2.75, 3.05) is 11.1 Å². The molecule has 5 rings (SSSR count). The van der Waals surface area contributed by atoms with Crippen LogP contribution in [0.1, 0.15) is 10.4 Å². The largest absolute Gasteiger partial charge is 0.478 e. The molecule has 0 bridgehead atoms. The van der Waals surface area contributed by atoms with Gasteiger partial charge in [0.1, 0.15) is 0 Å². The molecule has 2 aromatic heterocycles. The van der Waals surface area contributed by atoms with E-state index in [1.165, 1.54) is 22.8 Å². The van der Waals surface area contributed by atoms with E-state index in [2.05, 4.69) is 15.5 Å². The fourth-order valence-corrected chi connectivity index (χ4v) is 4.62. The summed E-state index contributed by atoms with van der Waals surface area (Å²) in [6.45, 7) is 0. The average molecular weight is 506 g/mol. The van der Waals surface area contributed by atoms with Crippen molar-refractivity contribution in [2.24, 2.45) is 0 Å². The molecule has 0 radical (unpaired) electrons. The highest BCUT2D eigenvalue weighted by molar-refractivity contribution is 7.99. The van der Waals surface area contributed by atoms with E-state index in [1.807, 2.05) is 24.3 Å². The van der Waals surface area contributed by atoms with E-state index < -0.39 is 11.9 Å². The Morgan fingerprint density at radius 1 is 1.00 bits per heavy atom. The van der Waals surface area contributed by atoms with E-state index in [9.17, 15) is 19.5 Å². The number of thioether (sulfide) groups is 1. The minimum Gasteiger partial charge on any atom is -0.478 e. The minimum atomic E-state index is -1.18. The van der Waals surface area contributed by atoms with E-state index >= 15 is 0 Å². The Bertz CT molecular complexity index is 1670. The molecular weight excluding hydrogens is 490 g/mol. The number of fused-ring (bicyclic) bond motifs is 3. The van der Waals surface area contributed by atoms with Gasteiger partial charge < -0.3 is 10.4 Å². The second-order valence-corrected chi connectivity index (χ2v) is 8.82. The third-order valence-corrected chi connectivity index (χ3v) is 6.39. The molecule has 0 atom stereocenters. The van der Waals surface area contributed by atoms with E-state index in [1.54, 1.807) is 34.7 Å². The second-order valence-electron chi connectivity index (χ2n) is 7.44. The summed E-state index contributed by atoms with van der Waals surface area (Å²) in [5.41, 5.74) is 1.04. The molecule has 11 heteroatoms. The number of amides is 1. The number of carbonyl (C=O) groups is 2. The average Bonchev–Trinajstić information content (AvgIpc) is 3.27. The Morgan fingerprint density at radius 2 is 1.74 bits per heavy atom. The van der Waals surface area contributed by atoms with Gasteiger partial charge in [-0.1, -0.05) is 53.7 Å². The predicted molar refractivity (Wildman–Crippen MR) is 134 cm³/mol. The number of aromatic nitrogens is 4. The first kappa shape index (κ1) is 22.6. The van der Waals surface area contributed by atoms with Gasteiger partial charge in [-0.25, -0.2) is 9.36 Å². The number of hydrogen-bond donors (Lipinski definition) is 2. The lowest BCUT2D eigenvalue weighted by Gasteiger charge is -2.11. The van der Waals surface area contributed by atoms with Crippen molar-refractivity contribution in [3.63, 3.8) is 0 Å². The third kappa shape index (κ3) is 4.25. The molecule has 0 spiro atoms. The third-order valence-electron chi connectivity index (χ3n) is 5.23. The smallest absolute Gasteiger partial charge is 0.337 e. The Labute approximate surface area is 207 Å². The summed E-state index contributed by atoms with van der Waals surface area (Å²) in [7, 11) is 0. The van der Waals surface area contributed by atoms with E-state index in [4.69, 9.17) is 11.6 Å². The van der Waals surface area contributed by atoms with Gasteiger partial charge in [-0.3, -0.25) is 14.0 Å². The van der Waals surface area contributed by atoms with Gasteiger partial charge in [0.05, 0.1) is 33.6 Å². The summed E-state index contributed by atoms with van der Waals surface area (Å²) < 4.78 is 3.20. The van der Waals surface area contributed by atoms with Gasteiger partial charge in [-0.05, 0) is 42.5 Å². The second kappa shape index (κ2) is 9.24. The number of carbonyl (C=O) groups excluding carboxylic acids is 1. The predicted octanol–water partition coefficient (Wildman–Crippen LogP) is 4.12. The summed E-state index contributed by atoms with van der Waals surface area (Å²) in [4.78, 5) is 37.4. The summed E-state index contributed by atoms with van der Waals surface area (Å²) in [6, 6.07) is 20.4. The maximum Gasteiger partial charge on any atom is 0.337 e. The van der Waals surface area contributed by atoms with Crippen LogP contribution in [0.5, 0.6) is 0 Å². The minimum absolute atomic E-state index is 0.0708. The summed E-state index contributed by atoms with van der Waals surface area (Å²) >= 11 is 7.07. The molecular formula is C24H16ClN5O4S. The van der Waals surface area contributed by atoms with Crippen molar-refractivity contribution in [2.45, 2.75) is 5.16 Å². The maximum atomic E-state index is 13.3. The van der Waals surface area contributed by atoms with Crippen molar-refractivity contribution in [3.8, 4) is 5.69 Å². The van der Waals surface area contributed by atoms with Crippen LogP contribution in [-0.4, -0.2) is 41.9 Å². The van der Waals surface area contributed by atoms with Crippen LogP contribution in [-0.2, 0) is 4.79 Å². The first-order chi connectivity index (χ1) is 16.9. The molecule has 5 aromatic rings. The normalized spacial score (nSPS) is 11.1. The summed E-state index contributed by atoms with van der Waals surface area (Å²) in [5, 5.41) is 21.6. The zero-order valence-electron chi connectivity index (χ0n) is 17.9. The molecule has 0 unspecified atom stereocenters. The van der Waals surface area contributed by atoms with Crippen LogP contribution in [0.3, 0.4) is 0 Å². The molecule has 0 fully saturated rings. The highest BCUT2D eigenvalue weighted by atomic mass is 35.5. The summed E-state index contributed by atoms with van der Waals surface area (Å²) in [5.74, 6) is -1.40. The van der Waals surface area contributed by atoms with Crippen LogP contribution in [0.2, 0.25) is 5.02 Å².